The fraction of sp³-hybridized carbons (Fsp3) is 0.286. The minimum absolute atomic E-state index is 0.124. The number of imidazole rings is 1. The summed E-state index contributed by atoms with van der Waals surface area (Å²) in [4.78, 5) is 30.1. The van der Waals surface area contributed by atoms with Crippen molar-refractivity contribution in [2.75, 3.05) is 0 Å². The molecule has 5 aromatic rings. The first kappa shape index (κ1) is 24.5. The molecule has 1 aliphatic rings. The molecule has 3 aromatic heterocycles. The van der Waals surface area contributed by atoms with Crippen LogP contribution in [0, 0.1) is 0 Å². The van der Waals surface area contributed by atoms with E-state index in [0.29, 0.717) is 22.9 Å². The molecule has 0 saturated heterocycles. The lowest BCUT2D eigenvalue weighted by Gasteiger charge is -2.25. The summed E-state index contributed by atoms with van der Waals surface area (Å²) in [5, 5.41) is 26.2. The molecule has 2 aromatic carbocycles. The van der Waals surface area contributed by atoms with Crippen molar-refractivity contribution in [3.63, 3.8) is 0 Å². The molecule has 1 atom stereocenters. The molecule has 11 heteroatoms. The SMILES string of the molecule is O=C(NC(Cc1ccc(-c2nnn[nH]2)cc1)C(=O)O)c1ccc2c(c1)nc(-c1ccoc1)n2C1CCCCC1. The number of fused-ring (bicyclic) bond motifs is 1. The van der Waals surface area contributed by atoms with Crippen LogP contribution in [0.25, 0.3) is 33.8 Å². The Balaban J connectivity index is 1.24. The molecular weight excluding hydrogens is 498 g/mol. The van der Waals surface area contributed by atoms with Crippen molar-refractivity contribution in [2.24, 2.45) is 0 Å². The number of aromatic amines is 1. The highest BCUT2D eigenvalue weighted by Gasteiger charge is 2.25. The number of benzene rings is 2. The van der Waals surface area contributed by atoms with Gasteiger partial charge in [0.2, 0.25) is 0 Å². The van der Waals surface area contributed by atoms with Gasteiger partial charge in [-0.2, -0.15) is 0 Å². The Bertz CT molecular complexity index is 1590. The maximum absolute atomic E-state index is 13.2. The third-order valence-corrected chi connectivity index (χ3v) is 7.29. The van der Waals surface area contributed by atoms with Crippen LogP contribution in [0.2, 0.25) is 0 Å². The highest BCUT2D eigenvalue weighted by atomic mass is 16.4. The molecule has 0 aliphatic heterocycles. The fourth-order valence-electron chi connectivity index (χ4n) is 5.30. The third kappa shape index (κ3) is 5.02. The van der Waals surface area contributed by atoms with Gasteiger partial charge in [0.25, 0.3) is 5.91 Å². The number of amides is 1. The summed E-state index contributed by atoms with van der Waals surface area (Å²) in [6.45, 7) is 0. The number of rotatable bonds is 8. The summed E-state index contributed by atoms with van der Waals surface area (Å²) in [5.41, 5.74) is 4.41. The van der Waals surface area contributed by atoms with Crippen molar-refractivity contribution in [3.05, 3.63) is 72.2 Å². The summed E-state index contributed by atoms with van der Waals surface area (Å²) >= 11 is 0. The molecule has 11 nitrogen and oxygen atoms in total. The molecule has 6 rings (SSSR count). The third-order valence-electron chi connectivity index (χ3n) is 7.29. The van der Waals surface area contributed by atoms with E-state index in [9.17, 15) is 14.7 Å². The summed E-state index contributed by atoms with van der Waals surface area (Å²) in [5.74, 6) is -0.249. The predicted octanol–water partition coefficient (Wildman–Crippen LogP) is 4.41. The Hall–Kier alpha value is -4.80. The van der Waals surface area contributed by atoms with Gasteiger partial charge >= 0.3 is 5.97 Å². The van der Waals surface area contributed by atoms with Crippen LogP contribution < -0.4 is 5.32 Å². The number of carbonyl (C=O) groups excluding carboxylic acids is 1. The summed E-state index contributed by atoms with van der Waals surface area (Å²) in [7, 11) is 0. The van der Waals surface area contributed by atoms with E-state index in [0.717, 1.165) is 40.9 Å². The number of carboxylic acid groups (broad SMARTS) is 1. The van der Waals surface area contributed by atoms with Crippen LogP contribution in [0.3, 0.4) is 0 Å². The molecule has 1 aliphatic carbocycles. The van der Waals surface area contributed by atoms with Crippen LogP contribution in [0.4, 0.5) is 0 Å². The zero-order valence-electron chi connectivity index (χ0n) is 21.1. The van der Waals surface area contributed by atoms with Crippen molar-refractivity contribution >= 4 is 22.9 Å². The Morgan fingerprint density at radius 2 is 1.90 bits per heavy atom. The predicted molar refractivity (Wildman–Crippen MR) is 142 cm³/mol. The molecule has 1 unspecified atom stereocenters. The van der Waals surface area contributed by atoms with E-state index >= 15 is 0 Å². The highest BCUT2D eigenvalue weighted by Crippen LogP contribution is 2.36. The molecular formula is C28H27N7O4. The van der Waals surface area contributed by atoms with Crippen LogP contribution in [-0.4, -0.2) is 53.2 Å². The number of furan rings is 1. The first-order valence-corrected chi connectivity index (χ1v) is 13.0. The number of tetrazole rings is 1. The lowest BCUT2D eigenvalue weighted by Crippen LogP contribution is -2.42. The van der Waals surface area contributed by atoms with Crippen molar-refractivity contribution in [2.45, 2.75) is 50.6 Å². The van der Waals surface area contributed by atoms with E-state index in [4.69, 9.17) is 9.40 Å². The van der Waals surface area contributed by atoms with Gasteiger partial charge in [0, 0.05) is 23.6 Å². The number of hydrogen-bond acceptors (Lipinski definition) is 7. The van der Waals surface area contributed by atoms with Gasteiger partial charge < -0.3 is 19.4 Å². The molecule has 0 spiro atoms. The monoisotopic (exact) mass is 525 g/mol. The zero-order valence-corrected chi connectivity index (χ0v) is 21.1. The van der Waals surface area contributed by atoms with Gasteiger partial charge in [0.1, 0.15) is 18.1 Å². The molecule has 3 heterocycles. The average molecular weight is 526 g/mol. The molecule has 0 radical (unpaired) electrons. The minimum atomic E-state index is -1.11. The highest BCUT2D eigenvalue weighted by molar-refractivity contribution is 5.99. The maximum Gasteiger partial charge on any atom is 0.326 e. The molecule has 1 saturated carbocycles. The molecule has 0 bridgehead atoms. The Morgan fingerprint density at radius 3 is 2.59 bits per heavy atom. The lowest BCUT2D eigenvalue weighted by molar-refractivity contribution is -0.139. The first-order valence-electron chi connectivity index (χ1n) is 13.0. The van der Waals surface area contributed by atoms with Gasteiger partial charge in [-0.1, -0.05) is 43.5 Å². The van der Waals surface area contributed by atoms with Crippen LogP contribution >= 0.6 is 0 Å². The van der Waals surface area contributed by atoms with Crippen LogP contribution in [0.1, 0.15) is 54.1 Å². The van der Waals surface area contributed by atoms with Gasteiger partial charge in [0.05, 0.1) is 22.9 Å². The second-order valence-electron chi connectivity index (χ2n) is 9.83. The largest absolute Gasteiger partial charge is 0.480 e. The average Bonchev–Trinajstić information content (AvgIpc) is 3.74. The topological polar surface area (TPSA) is 152 Å². The lowest BCUT2D eigenvalue weighted by atomic mass is 9.95. The Morgan fingerprint density at radius 1 is 1.08 bits per heavy atom. The number of aliphatic carboxylic acids is 1. The van der Waals surface area contributed by atoms with Crippen molar-refractivity contribution in [3.8, 4) is 22.8 Å². The summed E-state index contributed by atoms with van der Waals surface area (Å²) in [6.07, 6.45) is 9.18. The van der Waals surface area contributed by atoms with Gasteiger partial charge in [-0.15, -0.1) is 5.10 Å². The van der Waals surface area contributed by atoms with E-state index in [2.05, 4.69) is 30.5 Å². The number of nitrogens with zero attached hydrogens (tertiary/aromatic N) is 5. The summed E-state index contributed by atoms with van der Waals surface area (Å²) in [6, 6.07) is 13.7. The van der Waals surface area contributed by atoms with Crippen molar-refractivity contribution in [1.82, 2.24) is 35.5 Å². The van der Waals surface area contributed by atoms with Gasteiger partial charge in [0.15, 0.2) is 5.82 Å². The van der Waals surface area contributed by atoms with Gasteiger partial charge in [-0.25, -0.2) is 14.9 Å². The van der Waals surface area contributed by atoms with Crippen molar-refractivity contribution < 1.29 is 19.1 Å². The van der Waals surface area contributed by atoms with E-state index < -0.39 is 17.9 Å². The smallest absolute Gasteiger partial charge is 0.326 e. The van der Waals surface area contributed by atoms with Crippen LogP contribution in [0.15, 0.2) is 65.5 Å². The van der Waals surface area contributed by atoms with E-state index in [1.807, 2.05) is 12.1 Å². The number of carbonyl (C=O) groups is 2. The molecule has 1 amide bonds. The number of carboxylic acids is 1. The standard InChI is InChI=1S/C28H27N7O4/c36-27(30-23(28(37)38)14-17-6-8-18(9-7-17)25-31-33-34-32-25)19-10-11-24-22(15-19)29-26(20-12-13-39-16-20)35(24)21-4-2-1-3-5-21/h6-13,15-16,21,23H,1-5,14H2,(H,30,36)(H,37,38)(H,31,32,33,34). The van der Waals surface area contributed by atoms with Gasteiger partial charge in [-0.05, 0) is 53.1 Å². The second kappa shape index (κ2) is 10.5. The van der Waals surface area contributed by atoms with Crippen LogP contribution in [0.5, 0.6) is 0 Å². The second-order valence-corrected chi connectivity index (χ2v) is 9.83. The molecule has 3 N–H and O–H groups in total. The Kier molecular flexibility index (Phi) is 6.62. The summed E-state index contributed by atoms with van der Waals surface area (Å²) < 4.78 is 7.59. The van der Waals surface area contributed by atoms with Crippen LogP contribution in [-0.2, 0) is 11.2 Å². The van der Waals surface area contributed by atoms with Gasteiger partial charge in [-0.3, -0.25) is 4.79 Å². The zero-order chi connectivity index (χ0) is 26.8. The molecule has 198 valence electrons. The normalized spacial score (nSPS) is 14.9. The first-order chi connectivity index (χ1) is 19.1. The fourth-order valence-corrected chi connectivity index (χ4v) is 5.30. The molecule has 39 heavy (non-hydrogen) atoms. The Labute approximate surface area is 223 Å². The van der Waals surface area contributed by atoms with E-state index in [1.165, 1.54) is 19.3 Å². The van der Waals surface area contributed by atoms with Crippen molar-refractivity contribution in [1.29, 1.82) is 0 Å². The number of nitrogens with one attached hydrogen (secondary N) is 2. The molecule has 1 fully saturated rings. The van der Waals surface area contributed by atoms with E-state index in [1.54, 1.807) is 48.9 Å². The maximum atomic E-state index is 13.2. The van der Waals surface area contributed by atoms with E-state index in [-0.39, 0.29) is 6.42 Å². The minimum Gasteiger partial charge on any atom is -0.480 e. The number of aromatic nitrogens is 6. The number of H-pyrrole nitrogens is 1. The quantitative estimate of drug-likeness (QED) is 0.269. The number of hydrogen-bond donors (Lipinski definition) is 3.